The van der Waals surface area contributed by atoms with Gasteiger partial charge in [-0.25, -0.2) is 13.7 Å². The first-order chi connectivity index (χ1) is 17.0. The molecule has 3 N–H and O–H groups in total. The smallest absolute Gasteiger partial charge is 0.332 e. The summed E-state index contributed by atoms with van der Waals surface area (Å²) in [6.45, 7) is 15.8. The van der Waals surface area contributed by atoms with Crippen molar-refractivity contribution in [2.24, 2.45) is 9.95 Å². The summed E-state index contributed by atoms with van der Waals surface area (Å²) in [5.41, 5.74) is 3.76. The Kier molecular flexibility index (Phi) is 7.22. The van der Waals surface area contributed by atoms with E-state index < -0.39 is 29.8 Å². The maximum Gasteiger partial charge on any atom is 0.332 e. The van der Waals surface area contributed by atoms with Gasteiger partial charge in [-0.1, -0.05) is 39.8 Å². The van der Waals surface area contributed by atoms with Gasteiger partial charge in [0, 0.05) is 17.3 Å². The van der Waals surface area contributed by atoms with Crippen molar-refractivity contribution in [2.75, 3.05) is 5.32 Å². The molecule has 0 aliphatic heterocycles. The van der Waals surface area contributed by atoms with Gasteiger partial charge in [0.25, 0.3) is 0 Å². The number of benzene rings is 1. The van der Waals surface area contributed by atoms with Crippen LogP contribution in [0.2, 0.25) is 18.1 Å². The summed E-state index contributed by atoms with van der Waals surface area (Å²) in [4.78, 5) is 13.6. The highest BCUT2D eigenvalue weighted by Crippen LogP contribution is 2.46. The highest BCUT2D eigenvalue weighted by atomic mass is 32.2. The molecule has 2 amide bonds. The van der Waals surface area contributed by atoms with E-state index in [0.717, 1.165) is 30.5 Å². The van der Waals surface area contributed by atoms with Gasteiger partial charge in [-0.05, 0) is 92.6 Å². The Labute approximate surface area is 223 Å². The zero-order valence-corrected chi connectivity index (χ0v) is 25.3. The number of urea groups is 1. The van der Waals surface area contributed by atoms with Crippen LogP contribution in [0, 0.1) is 5.92 Å². The number of aryl methyl sites for hydroxylation is 1. The standard InChI is InChI=1S/C28H43N3O4SSi/c1-18(19-12-13-19)22-15-14-20-10-9-11-23(20)25(22)29-26(32)30-36(34,31-37(7,8)27(2,3)4)24-16-21(17-35-24)28(5,6)33/h14-19,33H,9-13H2,1-8H3,(H2,29,30,31,32,34)/t18?,36-/m1/s1. The van der Waals surface area contributed by atoms with Crippen LogP contribution in [-0.4, -0.2) is 23.6 Å². The largest absolute Gasteiger partial charge is 0.452 e. The summed E-state index contributed by atoms with van der Waals surface area (Å²) >= 11 is 0. The molecule has 2 aliphatic rings. The highest BCUT2D eigenvalue weighted by Gasteiger charge is 2.39. The molecule has 1 unspecified atom stereocenters. The molecule has 0 radical (unpaired) electrons. The van der Waals surface area contributed by atoms with Crippen molar-refractivity contribution in [1.29, 1.82) is 0 Å². The van der Waals surface area contributed by atoms with Gasteiger partial charge < -0.3 is 14.8 Å². The topological polar surface area (TPSA) is 104 Å². The third-order valence-corrected chi connectivity index (χ3v) is 16.1. The number of amides is 2. The number of furan rings is 1. The van der Waals surface area contributed by atoms with Gasteiger partial charge in [0.1, 0.15) is 0 Å². The normalized spacial score (nSPS) is 18.6. The zero-order chi connectivity index (χ0) is 27.4. The molecular formula is C28H43N3O4SSi. The highest BCUT2D eigenvalue weighted by molar-refractivity contribution is 7.93. The van der Waals surface area contributed by atoms with Gasteiger partial charge in [0.15, 0.2) is 18.2 Å². The number of aliphatic hydroxyl groups is 1. The van der Waals surface area contributed by atoms with E-state index in [-0.39, 0.29) is 10.1 Å². The van der Waals surface area contributed by atoms with Crippen molar-refractivity contribution in [3.8, 4) is 0 Å². The van der Waals surface area contributed by atoms with Crippen LogP contribution in [-0.2, 0) is 28.4 Å². The molecule has 4 rings (SSSR count). The lowest BCUT2D eigenvalue weighted by Gasteiger charge is -2.33. The van der Waals surface area contributed by atoms with E-state index in [0.29, 0.717) is 17.4 Å². The predicted molar refractivity (Wildman–Crippen MR) is 152 cm³/mol. The number of anilines is 1. The van der Waals surface area contributed by atoms with Crippen LogP contribution in [0.5, 0.6) is 0 Å². The van der Waals surface area contributed by atoms with Gasteiger partial charge >= 0.3 is 6.03 Å². The van der Waals surface area contributed by atoms with Gasteiger partial charge in [-0.2, -0.15) is 0 Å². The maximum atomic E-state index is 14.5. The van der Waals surface area contributed by atoms with Crippen molar-refractivity contribution < 1.29 is 18.5 Å². The number of nitrogens with zero attached hydrogens (tertiary/aromatic N) is 1. The predicted octanol–water partition coefficient (Wildman–Crippen LogP) is 7.08. The SMILES string of the molecule is CC(c1ccc2c(c1NC(=O)N[S@@](=O)(=N[Si](C)(C)C(C)(C)C)c1cc(C(C)(C)O)co1)CCC2)C1CC1. The minimum atomic E-state index is -3.47. The van der Waals surface area contributed by atoms with Gasteiger partial charge in [0.2, 0.25) is 5.09 Å². The molecule has 0 spiro atoms. The van der Waals surface area contributed by atoms with Crippen molar-refractivity contribution in [1.82, 2.24) is 4.72 Å². The monoisotopic (exact) mass is 545 g/mol. The average Bonchev–Trinajstić information content (AvgIpc) is 3.27. The van der Waals surface area contributed by atoms with Crippen LogP contribution in [0.3, 0.4) is 0 Å². The van der Waals surface area contributed by atoms with Crippen molar-refractivity contribution in [2.45, 2.75) is 108 Å². The number of carbonyl (C=O) groups excluding carboxylic acids is 1. The van der Waals surface area contributed by atoms with E-state index >= 15 is 0 Å². The number of carbonyl (C=O) groups is 1. The number of fused-ring (bicyclic) bond motifs is 1. The zero-order valence-electron chi connectivity index (χ0n) is 23.5. The Balaban J connectivity index is 1.73. The molecule has 1 aromatic carbocycles. The Bertz CT molecular complexity index is 1310. The summed E-state index contributed by atoms with van der Waals surface area (Å²) in [6, 6.07) is 5.34. The minimum absolute atomic E-state index is 0.0504. The Morgan fingerprint density at radius 3 is 2.43 bits per heavy atom. The fourth-order valence-corrected chi connectivity index (χ4v) is 9.76. The maximum absolute atomic E-state index is 14.5. The van der Waals surface area contributed by atoms with Crippen molar-refractivity contribution in [3.05, 3.63) is 46.7 Å². The summed E-state index contributed by atoms with van der Waals surface area (Å²) in [5, 5.41) is 13.4. The molecule has 7 nitrogen and oxygen atoms in total. The molecule has 37 heavy (non-hydrogen) atoms. The summed E-state index contributed by atoms with van der Waals surface area (Å²) in [6.07, 6.45) is 6.81. The lowest BCUT2D eigenvalue weighted by molar-refractivity contribution is 0.0779. The van der Waals surface area contributed by atoms with Gasteiger partial charge in [-0.15, -0.1) is 0 Å². The Morgan fingerprint density at radius 2 is 1.86 bits per heavy atom. The number of nitrogens with one attached hydrogen (secondary N) is 2. The van der Waals surface area contributed by atoms with E-state index in [2.05, 4.69) is 49.9 Å². The van der Waals surface area contributed by atoms with Crippen LogP contribution in [0.15, 0.2) is 38.0 Å². The second kappa shape index (κ2) is 9.57. The van der Waals surface area contributed by atoms with Gasteiger partial charge in [0.05, 0.1) is 11.9 Å². The molecule has 0 saturated heterocycles. The number of rotatable bonds is 7. The lowest BCUT2D eigenvalue weighted by atomic mass is 9.91. The molecule has 1 saturated carbocycles. The van der Waals surface area contributed by atoms with Crippen LogP contribution < -0.4 is 10.0 Å². The van der Waals surface area contributed by atoms with E-state index in [1.54, 1.807) is 19.9 Å². The van der Waals surface area contributed by atoms with E-state index in [1.807, 2.05) is 13.1 Å². The van der Waals surface area contributed by atoms with Gasteiger partial charge in [-0.3, -0.25) is 4.03 Å². The van der Waals surface area contributed by atoms with E-state index in [9.17, 15) is 14.1 Å². The quantitative estimate of drug-likeness (QED) is 0.323. The second-order valence-electron chi connectivity index (χ2n) is 12.8. The van der Waals surface area contributed by atoms with Crippen LogP contribution in [0.25, 0.3) is 0 Å². The van der Waals surface area contributed by atoms with E-state index in [4.69, 9.17) is 8.45 Å². The van der Waals surface area contributed by atoms with Crippen LogP contribution in [0.1, 0.15) is 89.0 Å². The summed E-state index contributed by atoms with van der Waals surface area (Å²) in [5.74, 6) is 0.992. The molecule has 0 bridgehead atoms. The first-order valence-electron chi connectivity index (χ1n) is 13.3. The lowest BCUT2D eigenvalue weighted by Crippen LogP contribution is -2.41. The molecular weight excluding hydrogens is 502 g/mol. The molecule has 204 valence electrons. The summed E-state index contributed by atoms with van der Waals surface area (Å²) in [7, 11) is -5.96. The number of hydrogen-bond acceptors (Lipinski definition) is 5. The summed E-state index contributed by atoms with van der Waals surface area (Å²) < 4.78 is 27.7. The molecule has 2 aliphatic carbocycles. The van der Waals surface area contributed by atoms with Crippen molar-refractivity contribution in [3.63, 3.8) is 0 Å². The second-order valence-corrected chi connectivity index (χ2v) is 19.8. The Morgan fingerprint density at radius 1 is 1.19 bits per heavy atom. The fraction of sp³-hybridized carbons (Fsp3) is 0.607. The third-order valence-electron chi connectivity index (χ3n) is 8.35. The third kappa shape index (κ3) is 5.83. The minimum Gasteiger partial charge on any atom is -0.452 e. The first-order valence-corrected chi connectivity index (χ1v) is 17.8. The number of hydrogen-bond donors (Lipinski definition) is 3. The van der Waals surface area contributed by atoms with Crippen LogP contribution in [0.4, 0.5) is 10.5 Å². The molecule has 1 heterocycles. The molecule has 1 fully saturated rings. The van der Waals surface area contributed by atoms with E-state index in [1.165, 1.54) is 30.2 Å². The van der Waals surface area contributed by atoms with Crippen molar-refractivity contribution >= 4 is 29.9 Å². The molecule has 2 atom stereocenters. The fourth-order valence-electron chi connectivity index (χ4n) is 4.69. The Hall–Kier alpha value is -2.10. The first kappa shape index (κ1) is 27.9. The average molecular weight is 546 g/mol. The molecule has 1 aromatic heterocycles. The van der Waals surface area contributed by atoms with Crippen LogP contribution >= 0.6 is 0 Å². The molecule has 2 aromatic rings. The molecule has 9 heteroatoms.